The van der Waals surface area contributed by atoms with Crippen molar-refractivity contribution in [2.75, 3.05) is 6.26 Å². The van der Waals surface area contributed by atoms with Crippen LogP contribution >= 0.6 is 15.9 Å². The molecule has 0 aliphatic carbocycles. The van der Waals surface area contributed by atoms with Crippen LogP contribution in [-0.2, 0) is 20.1 Å². The lowest BCUT2D eigenvalue weighted by Crippen LogP contribution is -2.47. The van der Waals surface area contributed by atoms with Gasteiger partial charge < -0.3 is 10.1 Å². The van der Waals surface area contributed by atoms with Crippen molar-refractivity contribution in [2.45, 2.75) is 56.9 Å². The van der Waals surface area contributed by atoms with Gasteiger partial charge in [-0.25, -0.2) is 17.6 Å². The van der Waals surface area contributed by atoms with Crippen LogP contribution in [-0.4, -0.2) is 31.6 Å². The smallest absolute Gasteiger partial charge is 0.408 e. The fraction of sp³-hybridized carbons (Fsp3) is 0.556. The highest BCUT2D eigenvalue weighted by Crippen LogP contribution is 2.32. The van der Waals surface area contributed by atoms with Gasteiger partial charge in [-0.05, 0) is 58.7 Å². The van der Waals surface area contributed by atoms with Crippen molar-refractivity contribution in [1.29, 1.82) is 5.26 Å². The van der Waals surface area contributed by atoms with E-state index in [-0.39, 0.29) is 18.4 Å². The second kappa shape index (κ2) is 8.57. The molecule has 9 heteroatoms. The number of sulfone groups is 1. The molecule has 1 aromatic rings. The van der Waals surface area contributed by atoms with Crippen molar-refractivity contribution in [1.82, 2.24) is 5.32 Å². The number of carbonyl (C=O) groups excluding carboxylic acids is 1. The van der Waals surface area contributed by atoms with E-state index in [2.05, 4.69) is 21.2 Å². The first-order valence-electron chi connectivity index (χ1n) is 8.23. The van der Waals surface area contributed by atoms with E-state index in [1.165, 1.54) is 18.2 Å². The third-order valence-corrected chi connectivity index (χ3v) is 5.74. The molecule has 0 saturated carbocycles. The molecule has 150 valence electrons. The Kier molecular flexibility index (Phi) is 7.42. The van der Waals surface area contributed by atoms with Gasteiger partial charge >= 0.3 is 6.09 Å². The highest BCUT2D eigenvalue weighted by atomic mass is 79.9. The van der Waals surface area contributed by atoms with E-state index >= 15 is 0 Å². The van der Waals surface area contributed by atoms with E-state index in [0.29, 0.717) is 4.47 Å². The largest absolute Gasteiger partial charge is 0.444 e. The molecule has 1 N–H and O–H groups in total. The van der Waals surface area contributed by atoms with Crippen molar-refractivity contribution < 1.29 is 22.3 Å². The normalized spacial score (nSPS) is 15.3. The standard InChI is InChI=1S/C18H24BrFN2O4S/c1-17(2,3)26-16(23)22-18(4,9-8-13(11-21)27(5,24)25)14-10-12(19)6-7-15(14)20/h6-7,10,13H,8-9H2,1-5H3,(H,22,23)/t13?,18-/m0/s1. The molecule has 2 atom stereocenters. The van der Waals surface area contributed by atoms with Crippen LogP contribution in [0.5, 0.6) is 0 Å². The minimum Gasteiger partial charge on any atom is -0.444 e. The minimum absolute atomic E-state index is 0.0188. The van der Waals surface area contributed by atoms with E-state index in [1.54, 1.807) is 33.8 Å². The molecular weight excluding hydrogens is 439 g/mol. The van der Waals surface area contributed by atoms with E-state index < -0.39 is 38.1 Å². The number of benzene rings is 1. The molecule has 27 heavy (non-hydrogen) atoms. The zero-order valence-corrected chi connectivity index (χ0v) is 18.4. The summed E-state index contributed by atoms with van der Waals surface area (Å²) in [4.78, 5) is 12.3. The number of nitriles is 1. The van der Waals surface area contributed by atoms with Gasteiger partial charge in [0.2, 0.25) is 0 Å². The monoisotopic (exact) mass is 462 g/mol. The van der Waals surface area contributed by atoms with Gasteiger partial charge in [-0.15, -0.1) is 0 Å². The first kappa shape index (κ1) is 23.4. The van der Waals surface area contributed by atoms with Crippen molar-refractivity contribution in [3.63, 3.8) is 0 Å². The summed E-state index contributed by atoms with van der Waals surface area (Å²) in [5, 5.41) is 10.5. The zero-order chi connectivity index (χ0) is 21.0. The van der Waals surface area contributed by atoms with Gasteiger partial charge in [-0.3, -0.25) is 0 Å². The Morgan fingerprint density at radius 3 is 2.44 bits per heavy atom. The lowest BCUT2D eigenvalue weighted by atomic mass is 9.86. The SMILES string of the molecule is CC(C)(C)OC(=O)N[C@@](C)(CCC(C#N)S(C)(=O)=O)c1cc(Br)ccc1F. The average molecular weight is 463 g/mol. The third kappa shape index (κ3) is 7.11. The topological polar surface area (TPSA) is 96.3 Å². The Morgan fingerprint density at radius 1 is 1.37 bits per heavy atom. The van der Waals surface area contributed by atoms with Crippen LogP contribution in [0.15, 0.2) is 22.7 Å². The van der Waals surface area contributed by atoms with Gasteiger partial charge in [-0.2, -0.15) is 5.26 Å². The van der Waals surface area contributed by atoms with Crippen LogP contribution in [0.4, 0.5) is 9.18 Å². The Hall–Kier alpha value is -1.66. The molecule has 0 fully saturated rings. The maximum absolute atomic E-state index is 14.5. The maximum Gasteiger partial charge on any atom is 0.408 e. The van der Waals surface area contributed by atoms with Crippen LogP contribution in [0.1, 0.15) is 46.1 Å². The van der Waals surface area contributed by atoms with Crippen molar-refractivity contribution >= 4 is 31.9 Å². The van der Waals surface area contributed by atoms with Gasteiger partial charge in [0.1, 0.15) is 16.7 Å². The molecule has 0 saturated heterocycles. The number of halogens is 2. The Balaban J connectivity index is 3.25. The molecule has 0 heterocycles. The summed E-state index contributed by atoms with van der Waals surface area (Å²) in [5.74, 6) is -0.565. The van der Waals surface area contributed by atoms with E-state index in [4.69, 9.17) is 10.00 Å². The molecule has 0 bridgehead atoms. The molecule has 0 aliphatic heterocycles. The number of nitrogens with zero attached hydrogens (tertiary/aromatic N) is 1. The molecule has 1 rings (SSSR count). The third-order valence-electron chi connectivity index (χ3n) is 3.87. The number of alkyl carbamates (subject to hydrolysis) is 1. The number of hydrogen-bond acceptors (Lipinski definition) is 5. The van der Waals surface area contributed by atoms with E-state index in [9.17, 15) is 17.6 Å². The zero-order valence-electron chi connectivity index (χ0n) is 16.0. The minimum atomic E-state index is -3.60. The number of rotatable bonds is 6. The van der Waals surface area contributed by atoms with Crippen molar-refractivity contribution in [3.05, 3.63) is 34.1 Å². The highest BCUT2D eigenvalue weighted by Gasteiger charge is 2.35. The van der Waals surface area contributed by atoms with E-state index in [1.807, 2.05) is 0 Å². The summed E-state index contributed by atoms with van der Waals surface area (Å²) >= 11 is 3.27. The summed E-state index contributed by atoms with van der Waals surface area (Å²) in [7, 11) is -3.60. The highest BCUT2D eigenvalue weighted by molar-refractivity contribution is 9.10. The fourth-order valence-corrected chi connectivity index (χ4v) is 3.61. The van der Waals surface area contributed by atoms with Crippen molar-refractivity contribution in [2.24, 2.45) is 0 Å². The van der Waals surface area contributed by atoms with Gasteiger partial charge in [0, 0.05) is 16.3 Å². The Bertz CT molecular complexity index is 846. The Morgan fingerprint density at radius 2 is 1.96 bits per heavy atom. The summed E-state index contributed by atoms with van der Waals surface area (Å²) in [5.41, 5.74) is -1.88. The predicted molar refractivity (Wildman–Crippen MR) is 104 cm³/mol. The first-order chi connectivity index (χ1) is 12.2. The molecule has 0 spiro atoms. The lowest BCUT2D eigenvalue weighted by molar-refractivity contribution is 0.0453. The maximum atomic E-state index is 14.5. The molecule has 1 amide bonds. The molecule has 1 unspecified atom stereocenters. The second-order valence-electron chi connectivity index (χ2n) is 7.57. The Labute approximate surface area is 168 Å². The number of ether oxygens (including phenoxy) is 1. The van der Waals surface area contributed by atoms with Gasteiger partial charge in [0.25, 0.3) is 0 Å². The first-order valence-corrected chi connectivity index (χ1v) is 11.0. The number of hydrogen-bond donors (Lipinski definition) is 1. The lowest BCUT2D eigenvalue weighted by Gasteiger charge is -2.33. The molecule has 0 radical (unpaired) electrons. The van der Waals surface area contributed by atoms with Crippen LogP contribution in [0.2, 0.25) is 0 Å². The molecular formula is C18H24BrFN2O4S. The van der Waals surface area contributed by atoms with Crippen LogP contribution in [0, 0.1) is 17.1 Å². The molecule has 6 nitrogen and oxygen atoms in total. The van der Waals surface area contributed by atoms with Crippen LogP contribution < -0.4 is 5.32 Å². The number of amides is 1. The average Bonchev–Trinajstić information content (AvgIpc) is 2.46. The number of nitrogens with one attached hydrogen (secondary N) is 1. The summed E-state index contributed by atoms with van der Waals surface area (Å²) in [6.45, 7) is 6.65. The van der Waals surface area contributed by atoms with Crippen molar-refractivity contribution in [3.8, 4) is 6.07 Å². The van der Waals surface area contributed by atoms with Crippen LogP contribution in [0.25, 0.3) is 0 Å². The predicted octanol–water partition coefficient (Wildman–Crippen LogP) is 4.05. The summed E-state index contributed by atoms with van der Waals surface area (Å²) in [6.07, 6.45) is 0.148. The van der Waals surface area contributed by atoms with E-state index in [0.717, 1.165) is 6.26 Å². The van der Waals surface area contributed by atoms with Gasteiger partial charge in [0.15, 0.2) is 9.84 Å². The summed E-state index contributed by atoms with van der Waals surface area (Å²) < 4.78 is 43.8. The second-order valence-corrected chi connectivity index (χ2v) is 10.7. The quantitative estimate of drug-likeness (QED) is 0.687. The molecule has 1 aromatic carbocycles. The number of carbonyl (C=O) groups is 1. The summed E-state index contributed by atoms with van der Waals surface area (Å²) in [6, 6.07) is 6.02. The van der Waals surface area contributed by atoms with Crippen LogP contribution in [0.3, 0.4) is 0 Å². The fourth-order valence-electron chi connectivity index (χ4n) is 2.51. The van der Waals surface area contributed by atoms with Gasteiger partial charge in [0.05, 0.1) is 11.6 Å². The molecule has 0 aliphatic rings. The van der Waals surface area contributed by atoms with Gasteiger partial charge in [-0.1, -0.05) is 15.9 Å². The molecule has 0 aromatic heterocycles.